The van der Waals surface area contributed by atoms with Gasteiger partial charge in [0.1, 0.15) is 11.4 Å². The van der Waals surface area contributed by atoms with E-state index >= 15 is 0 Å². The number of pyridine rings is 1. The number of anilines is 1. The summed E-state index contributed by atoms with van der Waals surface area (Å²) in [6.45, 7) is 5.09. The zero-order valence-corrected chi connectivity index (χ0v) is 10.8. The summed E-state index contributed by atoms with van der Waals surface area (Å²) in [5.74, 6) is -1.42. The Bertz CT molecular complexity index is 511. The summed E-state index contributed by atoms with van der Waals surface area (Å²) in [7, 11) is 0. The molecule has 1 rings (SSSR count). The SMILES string of the molecule is CC(C)(C)OC(=O)Nc1ccc(C(N)=NO)c(F)n1. The zero-order valence-electron chi connectivity index (χ0n) is 10.8. The maximum Gasteiger partial charge on any atom is 0.413 e. The molecule has 0 fully saturated rings. The molecule has 1 amide bonds. The summed E-state index contributed by atoms with van der Waals surface area (Å²) in [5, 5.41) is 13.4. The van der Waals surface area contributed by atoms with Crippen LogP contribution >= 0.6 is 0 Å². The average Bonchev–Trinajstić information content (AvgIpc) is 2.25. The van der Waals surface area contributed by atoms with Gasteiger partial charge in [-0.25, -0.2) is 9.78 Å². The van der Waals surface area contributed by atoms with Crippen molar-refractivity contribution < 1.29 is 19.1 Å². The fraction of sp³-hybridized carbons (Fsp3) is 0.364. The lowest BCUT2D eigenvalue weighted by Crippen LogP contribution is -2.27. The lowest BCUT2D eigenvalue weighted by molar-refractivity contribution is 0.0635. The summed E-state index contributed by atoms with van der Waals surface area (Å²) in [6, 6.07) is 2.53. The molecule has 0 unspecified atom stereocenters. The number of halogens is 1. The van der Waals surface area contributed by atoms with Gasteiger partial charge in [0, 0.05) is 0 Å². The molecule has 0 atom stereocenters. The average molecular weight is 270 g/mol. The van der Waals surface area contributed by atoms with Crippen molar-refractivity contribution in [2.45, 2.75) is 26.4 Å². The second kappa shape index (κ2) is 5.51. The number of ether oxygens (including phenoxy) is 1. The molecule has 104 valence electrons. The van der Waals surface area contributed by atoms with Gasteiger partial charge in [-0.3, -0.25) is 5.32 Å². The van der Waals surface area contributed by atoms with E-state index in [1.807, 2.05) is 0 Å². The summed E-state index contributed by atoms with van der Waals surface area (Å²) in [5.41, 5.74) is 4.40. The minimum Gasteiger partial charge on any atom is -0.444 e. The number of hydrogen-bond acceptors (Lipinski definition) is 5. The van der Waals surface area contributed by atoms with Crippen LogP contribution in [0.4, 0.5) is 15.0 Å². The van der Waals surface area contributed by atoms with Gasteiger partial charge in [0.2, 0.25) is 5.95 Å². The highest BCUT2D eigenvalue weighted by Gasteiger charge is 2.17. The number of carbonyl (C=O) groups is 1. The first-order valence-electron chi connectivity index (χ1n) is 5.37. The molecule has 1 heterocycles. The monoisotopic (exact) mass is 270 g/mol. The third kappa shape index (κ3) is 4.41. The summed E-state index contributed by atoms with van der Waals surface area (Å²) < 4.78 is 18.5. The van der Waals surface area contributed by atoms with Crippen LogP contribution in [-0.4, -0.2) is 27.7 Å². The quantitative estimate of drug-likeness (QED) is 0.249. The molecule has 0 saturated heterocycles. The number of aromatic nitrogens is 1. The van der Waals surface area contributed by atoms with Crippen LogP contribution in [-0.2, 0) is 4.74 Å². The first-order valence-corrected chi connectivity index (χ1v) is 5.37. The van der Waals surface area contributed by atoms with E-state index in [1.54, 1.807) is 20.8 Å². The topological polar surface area (TPSA) is 110 Å². The highest BCUT2D eigenvalue weighted by molar-refractivity contribution is 5.97. The van der Waals surface area contributed by atoms with Crippen molar-refractivity contribution in [1.29, 1.82) is 0 Å². The normalized spacial score (nSPS) is 12.1. The number of amides is 1. The second-order valence-corrected chi connectivity index (χ2v) is 4.65. The van der Waals surface area contributed by atoms with E-state index in [2.05, 4.69) is 15.5 Å². The fourth-order valence-electron chi connectivity index (χ4n) is 1.16. The highest BCUT2D eigenvalue weighted by Crippen LogP contribution is 2.12. The molecule has 7 nitrogen and oxygen atoms in total. The zero-order chi connectivity index (χ0) is 14.6. The molecule has 0 bridgehead atoms. The lowest BCUT2D eigenvalue weighted by Gasteiger charge is -2.19. The number of hydrogen-bond donors (Lipinski definition) is 3. The van der Waals surface area contributed by atoms with Crippen molar-refractivity contribution in [3.8, 4) is 0 Å². The maximum atomic E-state index is 13.5. The molecule has 19 heavy (non-hydrogen) atoms. The maximum absolute atomic E-state index is 13.5. The van der Waals surface area contributed by atoms with Crippen LogP contribution in [0.2, 0.25) is 0 Å². The fourth-order valence-corrected chi connectivity index (χ4v) is 1.16. The van der Waals surface area contributed by atoms with E-state index in [1.165, 1.54) is 12.1 Å². The minimum absolute atomic E-state index is 0.0405. The number of nitrogens with zero attached hydrogens (tertiary/aromatic N) is 2. The number of rotatable bonds is 2. The smallest absolute Gasteiger partial charge is 0.413 e. The highest BCUT2D eigenvalue weighted by atomic mass is 19.1. The number of carbonyl (C=O) groups excluding carboxylic acids is 1. The van der Waals surface area contributed by atoms with Crippen molar-refractivity contribution in [3.05, 3.63) is 23.6 Å². The molecule has 0 aliphatic carbocycles. The number of amidine groups is 1. The third-order valence-corrected chi connectivity index (χ3v) is 1.86. The first kappa shape index (κ1) is 14.7. The number of oxime groups is 1. The molecular formula is C11H15FN4O3. The molecule has 1 aromatic heterocycles. The molecule has 0 aromatic carbocycles. The Morgan fingerprint density at radius 3 is 2.63 bits per heavy atom. The van der Waals surface area contributed by atoms with Crippen molar-refractivity contribution in [3.63, 3.8) is 0 Å². The number of nitrogens with one attached hydrogen (secondary N) is 1. The van der Waals surface area contributed by atoms with E-state index in [0.29, 0.717) is 0 Å². The van der Waals surface area contributed by atoms with E-state index < -0.39 is 23.5 Å². The second-order valence-electron chi connectivity index (χ2n) is 4.65. The molecule has 0 radical (unpaired) electrons. The third-order valence-electron chi connectivity index (χ3n) is 1.86. The van der Waals surface area contributed by atoms with E-state index in [4.69, 9.17) is 15.7 Å². The van der Waals surface area contributed by atoms with Gasteiger partial charge in [-0.2, -0.15) is 4.39 Å². The van der Waals surface area contributed by atoms with Crippen LogP contribution in [0.25, 0.3) is 0 Å². The van der Waals surface area contributed by atoms with Crippen LogP contribution in [0.1, 0.15) is 26.3 Å². The Hall–Kier alpha value is -2.38. The Kier molecular flexibility index (Phi) is 4.26. The van der Waals surface area contributed by atoms with Gasteiger partial charge in [-0.15, -0.1) is 0 Å². The molecular weight excluding hydrogens is 255 g/mol. The van der Waals surface area contributed by atoms with Crippen LogP contribution < -0.4 is 11.1 Å². The summed E-state index contributed by atoms with van der Waals surface area (Å²) in [6.07, 6.45) is -0.754. The van der Waals surface area contributed by atoms with Crippen molar-refractivity contribution in [2.75, 3.05) is 5.32 Å². The van der Waals surface area contributed by atoms with E-state index in [-0.39, 0.29) is 11.4 Å². The first-order chi connectivity index (χ1) is 8.73. The predicted octanol–water partition coefficient (Wildman–Crippen LogP) is 1.66. The predicted molar refractivity (Wildman–Crippen MR) is 66.6 cm³/mol. The summed E-state index contributed by atoms with van der Waals surface area (Å²) in [4.78, 5) is 14.9. The Labute approximate surface area is 109 Å². The molecule has 0 aliphatic rings. The molecule has 1 aromatic rings. The lowest BCUT2D eigenvalue weighted by atomic mass is 10.2. The van der Waals surface area contributed by atoms with Crippen LogP contribution in [0.3, 0.4) is 0 Å². The Morgan fingerprint density at radius 2 is 2.16 bits per heavy atom. The minimum atomic E-state index is -0.969. The van der Waals surface area contributed by atoms with Gasteiger partial charge in [0.25, 0.3) is 0 Å². The van der Waals surface area contributed by atoms with Gasteiger partial charge in [0.15, 0.2) is 5.84 Å². The molecule has 0 spiro atoms. The largest absolute Gasteiger partial charge is 0.444 e. The van der Waals surface area contributed by atoms with Crippen LogP contribution in [0.5, 0.6) is 0 Å². The molecule has 0 saturated carbocycles. The van der Waals surface area contributed by atoms with Crippen molar-refractivity contribution >= 4 is 17.7 Å². The Morgan fingerprint density at radius 1 is 1.53 bits per heavy atom. The van der Waals surface area contributed by atoms with Gasteiger partial charge in [-0.1, -0.05) is 5.16 Å². The van der Waals surface area contributed by atoms with E-state index in [0.717, 1.165) is 0 Å². The van der Waals surface area contributed by atoms with Crippen LogP contribution in [0.15, 0.2) is 17.3 Å². The van der Waals surface area contributed by atoms with Gasteiger partial charge in [0.05, 0.1) is 5.56 Å². The molecule has 8 heteroatoms. The standard InChI is InChI=1S/C11H15FN4O3/c1-11(2,3)19-10(17)15-7-5-4-6(8(12)14-7)9(13)16-18/h4-5,18H,1-3H3,(H2,13,16)(H,14,15,17). The van der Waals surface area contributed by atoms with Crippen LogP contribution in [0, 0.1) is 5.95 Å². The molecule has 4 N–H and O–H groups in total. The Balaban J connectivity index is 2.82. The number of nitrogens with two attached hydrogens (primary N) is 1. The van der Waals surface area contributed by atoms with E-state index in [9.17, 15) is 9.18 Å². The van der Waals surface area contributed by atoms with Gasteiger partial charge >= 0.3 is 6.09 Å². The van der Waals surface area contributed by atoms with Crippen molar-refractivity contribution in [2.24, 2.45) is 10.9 Å². The van der Waals surface area contributed by atoms with Crippen molar-refractivity contribution in [1.82, 2.24) is 4.98 Å². The van der Waals surface area contributed by atoms with Gasteiger partial charge < -0.3 is 15.7 Å². The summed E-state index contributed by atoms with van der Waals surface area (Å²) >= 11 is 0. The van der Waals surface area contributed by atoms with Gasteiger partial charge in [-0.05, 0) is 32.9 Å². The molecule has 0 aliphatic heterocycles.